The first kappa shape index (κ1) is 21.1. The molecule has 0 unspecified atom stereocenters. The van der Waals surface area contributed by atoms with E-state index in [2.05, 4.69) is 103 Å². The molecule has 3 heteroatoms. The van der Waals surface area contributed by atoms with Crippen molar-refractivity contribution >= 4 is 34.1 Å². The average molecular weight is 462 g/mol. The molecule has 0 spiro atoms. The molecule has 36 heavy (non-hydrogen) atoms. The number of hydrogen-bond donors (Lipinski definition) is 2. The van der Waals surface area contributed by atoms with Gasteiger partial charge in [0.25, 0.3) is 0 Å². The van der Waals surface area contributed by atoms with Crippen LogP contribution in [0, 0.1) is 0 Å². The van der Waals surface area contributed by atoms with E-state index in [0.29, 0.717) is 5.46 Å². The number of hydrogen-bond acceptors (Lipinski definition) is 2. The van der Waals surface area contributed by atoms with Crippen molar-refractivity contribution in [3.8, 4) is 11.1 Å². The first-order valence-corrected chi connectivity index (χ1v) is 12.3. The Morgan fingerprint density at radius 3 is 1.83 bits per heavy atom. The van der Waals surface area contributed by atoms with Gasteiger partial charge in [-0.2, -0.15) is 0 Å². The van der Waals surface area contributed by atoms with Crippen LogP contribution in [0.2, 0.25) is 0 Å². The van der Waals surface area contributed by atoms with Crippen LogP contribution in [-0.2, 0) is 5.41 Å². The largest absolute Gasteiger partial charge is 0.488 e. The third kappa shape index (κ3) is 2.76. The third-order valence-corrected chi connectivity index (χ3v) is 7.75. The van der Waals surface area contributed by atoms with Gasteiger partial charge in [0.2, 0.25) is 0 Å². The predicted octanol–water partition coefficient (Wildman–Crippen LogP) is 6.04. The summed E-state index contributed by atoms with van der Waals surface area (Å²) in [6.45, 7) is 0. The fourth-order valence-electron chi connectivity index (χ4n) is 6.38. The highest BCUT2D eigenvalue weighted by Crippen LogP contribution is 2.57. The van der Waals surface area contributed by atoms with Gasteiger partial charge in [-0.15, -0.1) is 0 Å². The summed E-state index contributed by atoms with van der Waals surface area (Å²) in [6.07, 6.45) is 0. The van der Waals surface area contributed by atoms with E-state index in [1.807, 2.05) is 24.3 Å². The molecule has 0 saturated carbocycles. The minimum atomic E-state index is -1.59. The van der Waals surface area contributed by atoms with E-state index in [4.69, 9.17) is 0 Å². The molecular formula is C33H23BO2. The molecule has 0 aromatic heterocycles. The number of fused-ring (bicyclic) bond motifs is 7. The molecular weight excluding hydrogens is 439 g/mol. The lowest BCUT2D eigenvalue weighted by Gasteiger charge is -2.35. The van der Waals surface area contributed by atoms with Crippen LogP contribution in [0.25, 0.3) is 32.7 Å². The second kappa shape index (κ2) is 7.92. The molecule has 0 radical (unpaired) electrons. The van der Waals surface area contributed by atoms with E-state index < -0.39 is 12.5 Å². The molecule has 0 saturated heterocycles. The van der Waals surface area contributed by atoms with E-state index in [-0.39, 0.29) is 0 Å². The van der Waals surface area contributed by atoms with Crippen molar-refractivity contribution in [3.63, 3.8) is 0 Å². The van der Waals surface area contributed by atoms with Gasteiger partial charge in [0, 0.05) is 0 Å². The van der Waals surface area contributed by atoms with Gasteiger partial charge in [-0.3, -0.25) is 0 Å². The molecule has 1 aliphatic carbocycles. The number of benzene rings is 6. The molecule has 6 aromatic carbocycles. The Labute approximate surface area is 210 Å². The molecule has 170 valence electrons. The smallest absolute Gasteiger partial charge is 0.423 e. The fourth-order valence-corrected chi connectivity index (χ4v) is 6.38. The van der Waals surface area contributed by atoms with Crippen LogP contribution in [0.15, 0.2) is 127 Å². The Balaban J connectivity index is 1.77. The summed E-state index contributed by atoms with van der Waals surface area (Å²) in [5, 5.41) is 26.0. The second-order valence-electron chi connectivity index (χ2n) is 9.50. The lowest BCUT2D eigenvalue weighted by Crippen LogP contribution is -2.41. The highest BCUT2D eigenvalue weighted by molar-refractivity contribution is 6.59. The van der Waals surface area contributed by atoms with Crippen molar-refractivity contribution in [1.29, 1.82) is 0 Å². The molecule has 0 bridgehead atoms. The van der Waals surface area contributed by atoms with Crippen molar-refractivity contribution in [2.75, 3.05) is 0 Å². The topological polar surface area (TPSA) is 40.5 Å². The summed E-state index contributed by atoms with van der Waals surface area (Å²) in [5.74, 6) is 0. The van der Waals surface area contributed by atoms with Crippen molar-refractivity contribution in [2.45, 2.75) is 5.41 Å². The third-order valence-electron chi connectivity index (χ3n) is 7.75. The monoisotopic (exact) mass is 462 g/mol. The second-order valence-corrected chi connectivity index (χ2v) is 9.50. The molecule has 0 atom stereocenters. The van der Waals surface area contributed by atoms with E-state index in [1.54, 1.807) is 0 Å². The molecule has 7 rings (SSSR count). The maximum Gasteiger partial charge on any atom is 0.488 e. The standard InChI is InChI=1S/C33H23BO2/c35-34(36)29-17-9-16-27-31-28(21-20-23-19-18-22-10-7-8-15-26(22)30(23)31)33(32(27)29,24-11-3-1-4-12-24)25-13-5-2-6-14-25/h1-21,35-36H. The lowest BCUT2D eigenvalue weighted by molar-refractivity contribution is 0.425. The number of rotatable bonds is 3. The summed E-state index contributed by atoms with van der Waals surface area (Å²) in [7, 11) is -1.59. The summed E-state index contributed by atoms with van der Waals surface area (Å²) in [6, 6.07) is 44.1. The first-order chi connectivity index (χ1) is 17.7. The first-order valence-electron chi connectivity index (χ1n) is 12.3. The zero-order chi connectivity index (χ0) is 24.3. The lowest BCUT2D eigenvalue weighted by atomic mass is 9.62. The molecule has 0 heterocycles. The van der Waals surface area contributed by atoms with Crippen molar-refractivity contribution < 1.29 is 10.0 Å². The quantitative estimate of drug-likeness (QED) is 0.249. The molecule has 6 aromatic rings. The van der Waals surface area contributed by atoms with Crippen LogP contribution >= 0.6 is 0 Å². The summed E-state index contributed by atoms with van der Waals surface area (Å²) < 4.78 is 0. The highest BCUT2D eigenvalue weighted by Gasteiger charge is 2.49. The SMILES string of the molecule is OB(O)c1cccc2c1C(c1ccccc1)(c1ccccc1)c1ccc3ccc4ccccc4c3c1-2. The van der Waals surface area contributed by atoms with Gasteiger partial charge in [0.1, 0.15) is 0 Å². The van der Waals surface area contributed by atoms with E-state index in [9.17, 15) is 10.0 Å². The van der Waals surface area contributed by atoms with Gasteiger partial charge in [0.15, 0.2) is 0 Å². The van der Waals surface area contributed by atoms with Gasteiger partial charge in [0.05, 0.1) is 5.41 Å². The Hall–Kier alpha value is -4.18. The Morgan fingerprint density at radius 1 is 0.528 bits per heavy atom. The molecule has 2 N–H and O–H groups in total. The minimum Gasteiger partial charge on any atom is -0.423 e. The van der Waals surface area contributed by atoms with Gasteiger partial charge in [-0.25, -0.2) is 0 Å². The van der Waals surface area contributed by atoms with E-state index in [0.717, 1.165) is 33.4 Å². The highest BCUT2D eigenvalue weighted by atomic mass is 16.4. The minimum absolute atomic E-state index is 0.532. The Morgan fingerprint density at radius 2 is 1.14 bits per heavy atom. The maximum atomic E-state index is 10.6. The fraction of sp³-hybridized carbons (Fsp3) is 0.0303. The van der Waals surface area contributed by atoms with E-state index >= 15 is 0 Å². The zero-order valence-corrected chi connectivity index (χ0v) is 19.6. The Bertz CT molecular complexity index is 1720. The van der Waals surface area contributed by atoms with Crippen LogP contribution in [0.5, 0.6) is 0 Å². The molecule has 0 aliphatic heterocycles. The molecule has 1 aliphatic rings. The summed E-state index contributed by atoms with van der Waals surface area (Å²) in [5.41, 5.74) is 6.34. The summed E-state index contributed by atoms with van der Waals surface area (Å²) in [4.78, 5) is 0. The van der Waals surface area contributed by atoms with Gasteiger partial charge < -0.3 is 10.0 Å². The average Bonchev–Trinajstić information content (AvgIpc) is 3.25. The van der Waals surface area contributed by atoms with Gasteiger partial charge in [-0.1, -0.05) is 127 Å². The van der Waals surface area contributed by atoms with Crippen LogP contribution in [0.3, 0.4) is 0 Å². The Kier molecular flexibility index (Phi) is 4.65. The zero-order valence-electron chi connectivity index (χ0n) is 19.6. The van der Waals surface area contributed by atoms with Gasteiger partial charge in [-0.05, 0) is 60.4 Å². The van der Waals surface area contributed by atoms with Crippen LogP contribution in [0.4, 0.5) is 0 Å². The van der Waals surface area contributed by atoms with Gasteiger partial charge >= 0.3 is 7.12 Å². The maximum absolute atomic E-state index is 10.6. The van der Waals surface area contributed by atoms with Crippen molar-refractivity contribution in [2.24, 2.45) is 0 Å². The summed E-state index contributed by atoms with van der Waals surface area (Å²) >= 11 is 0. The molecule has 2 nitrogen and oxygen atoms in total. The van der Waals surface area contributed by atoms with Crippen LogP contribution in [0.1, 0.15) is 22.3 Å². The van der Waals surface area contributed by atoms with Crippen LogP contribution in [-0.4, -0.2) is 17.2 Å². The van der Waals surface area contributed by atoms with Crippen molar-refractivity contribution in [1.82, 2.24) is 0 Å². The molecule has 0 fully saturated rings. The predicted molar refractivity (Wildman–Crippen MR) is 149 cm³/mol. The normalized spacial score (nSPS) is 13.5. The van der Waals surface area contributed by atoms with Crippen LogP contribution < -0.4 is 5.46 Å². The van der Waals surface area contributed by atoms with Crippen molar-refractivity contribution in [3.05, 3.63) is 150 Å². The molecule has 0 amide bonds. The van der Waals surface area contributed by atoms with E-state index in [1.165, 1.54) is 21.5 Å².